The minimum absolute atomic E-state index is 0.0722. The molecule has 1 unspecified atom stereocenters. The maximum absolute atomic E-state index is 10.9. The third-order valence-electron chi connectivity index (χ3n) is 3.57. The first-order chi connectivity index (χ1) is 8.36. The predicted molar refractivity (Wildman–Crippen MR) is 70.5 cm³/mol. The molecule has 18 heavy (non-hydrogen) atoms. The van der Waals surface area contributed by atoms with Crippen molar-refractivity contribution in [2.24, 2.45) is 7.05 Å². The number of carboxylic acid groups (broad SMARTS) is 1. The van der Waals surface area contributed by atoms with Crippen LogP contribution in [-0.4, -0.2) is 38.3 Å². The number of hydrogen-bond donors (Lipinski definition) is 1. The maximum atomic E-state index is 10.9. The van der Waals surface area contributed by atoms with Gasteiger partial charge in [0.2, 0.25) is 0 Å². The molecule has 1 aromatic heterocycles. The summed E-state index contributed by atoms with van der Waals surface area (Å²) in [6, 6.07) is 0.250. The lowest BCUT2D eigenvalue weighted by atomic mass is 10.1. The molecule has 0 aliphatic heterocycles. The van der Waals surface area contributed by atoms with E-state index in [4.69, 9.17) is 5.11 Å². The zero-order valence-corrected chi connectivity index (χ0v) is 11.9. The van der Waals surface area contributed by atoms with E-state index in [1.807, 2.05) is 30.5 Å². The van der Waals surface area contributed by atoms with E-state index in [0.29, 0.717) is 6.54 Å². The van der Waals surface area contributed by atoms with Gasteiger partial charge in [-0.15, -0.1) is 0 Å². The molecule has 102 valence electrons. The summed E-state index contributed by atoms with van der Waals surface area (Å²) < 4.78 is 1.85. The van der Waals surface area contributed by atoms with E-state index < -0.39 is 5.97 Å². The summed E-state index contributed by atoms with van der Waals surface area (Å²) in [7, 11) is 1.91. The fraction of sp³-hybridized carbons (Fsp3) is 0.692. The van der Waals surface area contributed by atoms with E-state index >= 15 is 0 Å². The summed E-state index contributed by atoms with van der Waals surface area (Å²) >= 11 is 0. The van der Waals surface area contributed by atoms with Crippen molar-refractivity contribution in [3.05, 3.63) is 17.0 Å². The van der Waals surface area contributed by atoms with Gasteiger partial charge in [-0.25, -0.2) is 0 Å². The molecule has 0 amide bonds. The van der Waals surface area contributed by atoms with Gasteiger partial charge in [-0.3, -0.25) is 14.4 Å². The second-order valence-electron chi connectivity index (χ2n) is 4.83. The highest BCUT2D eigenvalue weighted by molar-refractivity contribution is 5.69. The molecular formula is C13H23N3O2. The second-order valence-corrected chi connectivity index (χ2v) is 4.83. The van der Waals surface area contributed by atoms with Crippen LogP contribution >= 0.6 is 0 Å². The van der Waals surface area contributed by atoms with E-state index in [9.17, 15) is 4.79 Å². The zero-order chi connectivity index (χ0) is 13.9. The Morgan fingerprint density at radius 1 is 1.50 bits per heavy atom. The highest BCUT2D eigenvalue weighted by Crippen LogP contribution is 2.17. The van der Waals surface area contributed by atoms with E-state index in [1.165, 1.54) is 0 Å². The molecule has 0 bridgehead atoms. The van der Waals surface area contributed by atoms with Crippen molar-refractivity contribution in [3.8, 4) is 0 Å². The van der Waals surface area contributed by atoms with Crippen LogP contribution in [0.2, 0.25) is 0 Å². The van der Waals surface area contributed by atoms with Crippen molar-refractivity contribution in [3.63, 3.8) is 0 Å². The van der Waals surface area contributed by atoms with Crippen LogP contribution in [0.25, 0.3) is 0 Å². The summed E-state index contributed by atoms with van der Waals surface area (Å²) in [5, 5.41) is 13.4. The summed E-state index contributed by atoms with van der Waals surface area (Å²) in [4.78, 5) is 12.9. The summed E-state index contributed by atoms with van der Waals surface area (Å²) in [5.74, 6) is -0.783. The van der Waals surface area contributed by atoms with Crippen molar-refractivity contribution in [1.29, 1.82) is 0 Å². The monoisotopic (exact) mass is 253 g/mol. The molecule has 1 aromatic rings. The standard InChI is InChI=1S/C13H23N3O2/c1-6-9(2)16(8-13(17)18)7-12-10(3)14-15(5)11(12)4/h9H,6-8H2,1-5H3,(H,17,18). The van der Waals surface area contributed by atoms with Crippen molar-refractivity contribution >= 4 is 5.97 Å². The van der Waals surface area contributed by atoms with Gasteiger partial charge in [0.15, 0.2) is 0 Å². The molecule has 1 N–H and O–H groups in total. The highest BCUT2D eigenvalue weighted by atomic mass is 16.4. The lowest BCUT2D eigenvalue weighted by Gasteiger charge is -2.26. The van der Waals surface area contributed by atoms with Crippen molar-refractivity contribution in [2.75, 3.05) is 6.54 Å². The number of nitrogens with zero attached hydrogens (tertiary/aromatic N) is 3. The van der Waals surface area contributed by atoms with Gasteiger partial charge in [-0.05, 0) is 27.2 Å². The molecule has 0 fully saturated rings. The normalized spacial score (nSPS) is 13.0. The van der Waals surface area contributed by atoms with Crippen LogP contribution in [0.5, 0.6) is 0 Å². The minimum atomic E-state index is -0.783. The van der Waals surface area contributed by atoms with Gasteiger partial charge in [-0.1, -0.05) is 6.92 Å². The summed E-state index contributed by atoms with van der Waals surface area (Å²) in [5.41, 5.74) is 3.22. The smallest absolute Gasteiger partial charge is 0.317 e. The Kier molecular flexibility index (Phi) is 4.90. The number of carboxylic acids is 1. The van der Waals surface area contributed by atoms with Crippen LogP contribution < -0.4 is 0 Å². The van der Waals surface area contributed by atoms with Gasteiger partial charge >= 0.3 is 5.97 Å². The molecule has 5 heteroatoms. The van der Waals surface area contributed by atoms with Crippen LogP contribution in [0.3, 0.4) is 0 Å². The molecule has 0 aliphatic rings. The molecule has 1 heterocycles. The molecule has 5 nitrogen and oxygen atoms in total. The van der Waals surface area contributed by atoms with Gasteiger partial charge in [-0.2, -0.15) is 5.10 Å². The maximum Gasteiger partial charge on any atom is 0.317 e. The van der Waals surface area contributed by atoms with E-state index in [1.54, 1.807) is 0 Å². The highest BCUT2D eigenvalue weighted by Gasteiger charge is 2.19. The molecule has 0 saturated carbocycles. The van der Waals surface area contributed by atoms with E-state index in [0.717, 1.165) is 23.4 Å². The van der Waals surface area contributed by atoms with Crippen molar-refractivity contribution in [1.82, 2.24) is 14.7 Å². The zero-order valence-electron chi connectivity index (χ0n) is 11.9. The molecule has 0 aliphatic carbocycles. The second kappa shape index (κ2) is 6.00. The van der Waals surface area contributed by atoms with Crippen molar-refractivity contribution in [2.45, 2.75) is 46.7 Å². The first-order valence-corrected chi connectivity index (χ1v) is 6.31. The molecule has 0 aromatic carbocycles. The SMILES string of the molecule is CCC(C)N(CC(=O)O)Cc1c(C)nn(C)c1C. The Morgan fingerprint density at radius 2 is 2.11 bits per heavy atom. The number of aliphatic carboxylic acids is 1. The van der Waals surface area contributed by atoms with Gasteiger partial charge in [0.1, 0.15) is 0 Å². The quantitative estimate of drug-likeness (QED) is 0.838. The van der Waals surface area contributed by atoms with E-state index in [-0.39, 0.29) is 12.6 Å². The third-order valence-corrected chi connectivity index (χ3v) is 3.57. The summed E-state index contributed by atoms with van der Waals surface area (Å²) in [6.07, 6.45) is 0.936. The lowest BCUT2D eigenvalue weighted by Crippen LogP contribution is -2.36. The fourth-order valence-electron chi connectivity index (χ4n) is 2.05. The van der Waals surface area contributed by atoms with Gasteiger partial charge in [0, 0.05) is 30.9 Å². The minimum Gasteiger partial charge on any atom is -0.480 e. The Morgan fingerprint density at radius 3 is 2.50 bits per heavy atom. The Hall–Kier alpha value is -1.36. The van der Waals surface area contributed by atoms with E-state index in [2.05, 4.69) is 18.9 Å². The molecule has 0 radical (unpaired) electrons. The van der Waals surface area contributed by atoms with Gasteiger partial charge in [0.25, 0.3) is 0 Å². The third kappa shape index (κ3) is 3.32. The number of aromatic nitrogens is 2. The van der Waals surface area contributed by atoms with Crippen LogP contribution in [0.15, 0.2) is 0 Å². The molecule has 1 rings (SSSR count). The fourth-order valence-corrected chi connectivity index (χ4v) is 2.05. The average Bonchev–Trinajstić information content (AvgIpc) is 2.53. The Labute approximate surface area is 108 Å². The van der Waals surface area contributed by atoms with Crippen LogP contribution in [0.4, 0.5) is 0 Å². The number of rotatable bonds is 6. The Bertz CT molecular complexity index is 426. The number of carbonyl (C=O) groups is 1. The Balaban J connectivity index is 2.91. The first-order valence-electron chi connectivity index (χ1n) is 6.31. The van der Waals surface area contributed by atoms with Crippen LogP contribution in [-0.2, 0) is 18.4 Å². The largest absolute Gasteiger partial charge is 0.480 e. The van der Waals surface area contributed by atoms with Crippen molar-refractivity contribution < 1.29 is 9.90 Å². The molecule has 1 atom stereocenters. The molecule has 0 spiro atoms. The molecular weight excluding hydrogens is 230 g/mol. The first kappa shape index (κ1) is 14.7. The van der Waals surface area contributed by atoms with Gasteiger partial charge in [0.05, 0.1) is 12.2 Å². The number of aryl methyl sites for hydroxylation is 2. The predicted octanol–water partition coefficient (Wildman–Crippen LogP) is 1.72. The van der Waals surface area contributed by atoms with Crippen LogP contribution in [0, 0.1) is 13.8 Å². The number of hydrogen-bond acceptors (Lipinski definition) is 3. The average molecular weight is 253 g/mol. The lowest BCUT2D eigenvalue weighted by molar-refractivity contribution is -0.139. The molecule has 0 saturated heterocycles. The van der Waals surface area contributed by atoms with Gasteiger partial charge < -0.3 is 5.11 Å². The van der Waals surface area contributed by atoms with Crippen LogP contribution in [0.1, 0.15) is 37.2 Å². The topological polar surface area (TPSA) is 58.4 Å². The summed E-state index contributed by atoms with van der Waals surface area (Å²) in [6.45, 7) is 8.84.